The van der Waals surface area contributed by atoms with Gasteiger partial charge in [-0.3, -0.25) is 0 Å². The summed E-state index contributed by atoms with van der Waals surface area (Å²) < 4.78 is 36.8. The molecule has 0 aromatic carbocycles. The smallest absolute Gasteiger partial charge is 0.314 e. The van der Waals surface area contributed by atoms with E-state index in [0.717, 1.165) is 4.88 Å². The minimum atomic E-state index is -4.08. The summed E-state index contributed by atoms with van der Waals surface area (Å²) in [5.41, 5.74) is 0. The van der Waals surface area contributed by atoms with E-state index in [2.05, 4.69) is 5.32 Å². The Hall–Kier alpha value is -0.550. The van der Waals surface area contributed by atoms with Gasteiger partial charge in [0.2, 0.25) is 0 Å². The molecule has 0 fully saturated rings. The molecule has 1 heterocycles. The first-order valence-electron chi connectivity index (χ1n) is 5.34. The zero-order valence-electron chi connectivity index (χ0n) is 9.18. The molecule has 0 bridgehead atoms. The highest BCUT2D eigenvalue weighted by Gasteiger charge is 2.31. The maximum atomic E-state index is 12.3. The van der Waals surface area contributed by atoms with Crippen LogP contribution in [-0.2, 0) is 6.42 Å². The Bertz CT molecular complexity index is 282. The first-order chi connectivity index (χ1) is 7.51. The molecule has 0 aliphatic rings. The Morgan fingerprint density at radius 3 is 2.69 bits per heavy atom. The first kappa shape index (κ1) is 13.5. The van der Waals surface area contributed by atoms with E-state index in [1.54, 1.807) is 11.3 Å². The average molecular weight is 251 g/mol. The molecule has 1 unspecified atom stereocenters. The number of halogens is 3. The third kappa shape index (κ3) is 5.51. The average Bonchev–Trinajstić information content (AvgIpc) is 2.64. The number of hydrogen-bond donors (Lipinski definition) is 1. The SMILES string of the molecule is CCNC(CCc1cccs1)CC(F)(F)F. The molecule has 0 aliphatic heterocycles. The molecule has 92 valence electrons. The van der Waals surface area contributed by atoms with Gasteiger partial charge in [-0.15, -0.1) is 11.3 Å². The van der Waals surface area contributed by atoms with Crippen molar-refractivity contribution in [3.63, 3.8) is 0 Å². The molecule has 1 aromatic heterocycles. The molecule has 0 saturated carbocycles. The van der Waals surface area contributed by atoms with Crippen molar-refractivity contribution in [2.24, 2.45) is 0 Å². The molecule has 16 heavy (non-hydrogen) atoms. The van der Waals surface area contributed by atoms with E-state index in [1.165, 1.54) is 0 Å². The van der Waals surface area contributed by atoms with Crippen molar-refractivity contribution >= 4 is 11.3 Å². The molecule has 0 saturated heterocycles. The van der Waals surface area contributed by atoms with Crippen molar-refractivity contribution in [1.29, 1.82) is 0 Å². The standard InChI is InChI=1S/C11H16F3NS/c1-2-15-9(8-11(12,13)14)5-6-10-4-3-7-16-10/h3-4,7,9,15H,2,5-6,8H2,1H3. The molecule has 5 heteroatoms. The first-order valence-corrected chi connectivity index (χ1v) is 6.21. The zero-order chi connectivity index (χ0) is 12.0. The van der Waals surface area contributed by atoms with Crippen LogP contribution in [0.1, 0.15) is 24.6 Å². The van der Waals surface area contributed by atoms with Gasteiger partial charge in [-0.05, 0) is 30.8 Å². The van der Waals surface area contributed by atoms with Crippen LogP contribution in [0.4, 0.5) is 13.2 Å². The van der Waals surface area contributed by atoms with Gasteiger partial charge in [0.05, 0.1) is 6.42 Å². The molecule has 1 nitrogen and oxygen atoms in total. The summed E-state index contributed by atoms with van der Waals surface area (Å²) in [4.78, 5) is 1.14. The summed E-state index contributed by atoms with van der Waals surface area (Å²) in [6, 6.07) is 3.42. The highest BCUT2D eigenvalue weighted by molar-refractivity contribution is 7.09. The summed E-state index contributed by atoms with van der Waals surface area (Å²) in [5, 5.41) is 4.83. The fraction of sp³-hybridized carbons (Fsp3) is 0.636. The maximum absolute atomic E-state index is 12.3. The van der Waals surface area contributed by atoms with Crippen LogP contribution in [0.25, 0.3) is 0 Å². The fourth-order valence-electron chi connectivity index (χ4n) is 1.62. The van der Waals surface area contributed by atoms with Gasteiger partial charge < -0.3 is 5.32 Å². The topological polar surface area (TPSA) is 12.0 Å². The Balaban J connectivity index is 2.39. The normalized spacial score (nSPS) is 14.0. The summed E-state index contributed by atoms with van der Waals surface area (Å²) in [6.07, 6.45) is -3.58. The van der Waals surface area contributed by atoms with Crippen LogP contribution in [0.15, 0.2) is 17.5 Å². The lowest BCUT2D eigenvalue weighted by Gasteiger charge is -2.19. The van der Waals surface area contributed by atoms with E-state index < -0.39 is 18.6 Å². The summed E-state index contributed by atoms with van der Waals surface area (Å²) in [6.45, 7) is 2.40. The molecule has 0 aliphatic carbocycles. The van der Waals surface area contributed by atoms with Crippen LogP contribution < -0.4 is 5.32 Å². The van der Waals surface area contributed by atoms with Gasteiger partial charge in [-0.25, -0.2) is 0 Å². The lowest BCUT2D eigenvalue weighted by molar-refractivity contribution is -0.140. The van der Waals surface area contributed by atoms with Crippen LogP contribution >= 0.6 is 11.3 Å². The Labute approximate surface area is 97.7 Å². The van der Waals surface area contributed by atoms with Gasteiger partial charge in [0, 0.05) is 10.9 Å². The second kappa shape index (κ2) is 6.25. The summed E-state index contributed by atoms with van der Waals surface area (Å²) in [7, 11) is 0. The van der Waals surface area contributed by atoms with Crippen molar-refractivity contribution in [2.45, 2.75) is 38.4 Å². The van der Waals surface area contributed by atoms with Crippen LogP contribution in [0.5, 0.6) is 0 Å². The van der Waals surface area contributed by atoms with Gasteiger partial charge >= 0.3 is 6.18 Å². The summed E-state index contributed by atoms with van der Waals surface area (Å²) >= 11 is 1.59. The molecule has 0 amide bonds. The number of aryl methyl sites for hydroxylation is 1. The third-order valence-corrected chi connectivity index (χ3v) is 3.23. The fourth-order valence-corrected chi connectivity index (χ4v) is 2.34. The maximum Gasteiger partial charge on any atom is 0.390 e. The van der Waals surface area contributed by atoms with Crippen LogP contribution in [-0.4, -0.2) is 18.8 Å². The van der Waals surface area contributed by atoms with Crippen molar-refractivity contribution in [3.05, 3.63) is 22.4 Å². The number of alkyl halides is 3. The molecule has 1 N–H and O–H groups in total. The van der Waals surface area contributed by atoms with Crippen molar-refractivity contribution < 1.29 is 13.2 Å². The van der Waals surface area contributed by atoms with E-state index in [1.807, 2.05) is 24.4 Å². The Morgan fingerprint density at radius 1 is 1.44 bits per heavy atom. The van der Waals surface area contributed by atoms with Gasteiger partial charge in [0.25, 0.3) is 0 Å². The van der Waals surface area contributed by atoms with Gasteiger partial charge in [-0.2, -0.15) is 13.2 Å². The number of hydrogen-bond acceptors (Lipinski definition) is 2. The highest BCUT2D eigenvalue weighted by atomic mass is 32.1. The lowest BCUT2D eigenvalue weighted by Crippen LogP contribution is -2.34. The third-order valence-electron chi connectivity index (χ3n) is 2.29. The molecule has 1 atom stereocenters. The molecular weight excluding hydrogens is 235 g/mol. The Kier molecular flexibility index (Phi) is 5.28. The van der Waals surface area contributed by atoms with Crippen LogP contribution in [0.3, 0.4) is 0 Å². The predicted molar refractivity (Wildman–Crippen MR) is 60.8 cm³/mol. The predicted octanol–water partition coefficient (Wildman–Crippen LogP) is 3.61. The summed E-state index contributed by atoms with van der Waals surface area (Å²) in [5.74, 6) is 0. The minimum absolute atomic E-state index is 0.466. The van der Waals surface area contributed by atoms with E-state index in [9.17, 15) is 13.2 Å². The van der Waals surface area contributed by atoms with E-state index in [4.69, 9.17) is 0 Å². The van der Waals surface area contributed by atoms with E-state index in [0.29, 0.717) is 19.4 Å². The minimum Gasteiger partial charge on any atom is -0.314 e. The lowest BCUT2D eigenvalue weighted by atomic mass is 10.1. The van der Waals surface area contributed by atoms with Gasteiger partial charge in [-0.1, -0.05) is 13.0 Å². The van der Waals surface area contributed by atoms with Gasteiger partial charge in [0.15, 0.2) is 0 Å². The second-order valence-electron chi connectivity index (χ2n) is 3.69. The molecular formula is C11H16F3NS. The molecule has 0 spiro atoms. The van der Waals surface area contributed by atoms with Crippen molar-refractivity contribution in [3.8, 4) is 0 Å². The van der Waals surface area contributed by atoms with Crippen molar-refractivity contribution in [1.82, 2.24) is 5.32 Å². The van der Waals surface area contributed by atoms with E-state index in [-0.39, 0.29) is 0 Å². The quantitative estimate of drug-likeness (QED) is 0.814. The monoisotopic (exact) mass is 251 g/mol. The number of thiophene rings is 1. The van der Waals surface area contributed by atoms with Crippen LogP contribution in [0.2, 0.25) is 0 Å². The number of rotatable bonds is 6. The van der Waals surface area contributed by atoms with Crippen molar-refractivity contribution in [2.75, 3.05) is 6.54 Å². The molecule has 1 rings (SSSR count). The Morgan fingerprint density at radius 2 is 2.19 bits per heavy atom. The molecule has 1 aromatic rings. The van der Waals surface area contributed by atoms with Gasteiger partial charge in [0.1, 0.15) is 0 Å². The highest BCUT2D eigenvalue weighted by Crippen LogP contribution is 2.24. The number of nitrogens with one attached hydrogen (secondary N) is 1. The zero-order valence-corrected chi connectivity index (χ0v) is 10.00. The van der Waals surface area contributed by atoms with Crippen LogP contribution in [0, 0.1) is 0 Å². The molecule has 0 radical (unpaired) electrons. The largest absolute Gasteiger partial charge is 0.390 e. The second-order valence-corrected chi connectivity index (χ2v) is 4.72. The van der Waals surface area contributed by atoms with E-state index >= 15 is 0 Å².